The van der Waals surface area contributed by atoms with Gasteiger partial charge in [0, 0.05) is 0 Å². The summed E-state index contributed by atoms with van der Waals surface area (Å²) in [6, 6.07) is 0. The van der Waals surface area contributed by atoms with E-state index < -0.39 is 0 Å². The first-order chi connectivity index (χ1) is 1.00. The van der Waals surface area contributed by atoms with Crippen LogP contribution in [-0.4, -0.2) is 0 Å². The zero-order valence-electron chi connectivity index (χ0n) is 1.50. The van der Waals surface area contributed by atoms with Crippen LogP contribution in [0.25, 0.3) is 0 Å². The van der Waals surface area contributed by atoms with Gasteiger partial charge >= 0.3 is 33.1 Å². The van der Waals surface area contributed by atoms with Gasteiger partial charge < -0.3 is 0 Å². The van der Waals surface area contributed by atoms with Gasteiger partial charge in [0.2, 0.25) is 0 Å². The van der Waals surface area contributed by atoms with Crippen molar-refractivity contribution in [2.75, 3.05) is 0 Å². The van der Waals surface area contributed by atoms with Crippen LogP contribution >= 0.6 is 45.2 Å². The molecule has 0 nitrogen and oxygen atoms in total. The molecule has 0 aliphatic rings. The Labute approximate surface area is 57.5 Å². The van der Waals surface area contributed by atoms with Crippen LogP contribution in [0.15, 0.2) is 0 Å². The van der Waals surface area contributed by atoms with E-state index in [1.807, 2.05) is 0 Å². The fourth-order valence-electron chi connectivity index (χ4n) is 0. The van der Waals surface area contributed by atoms with Gasteiger partial charge in [0.05, 0.1) is 0 Å². The fourth-order valence-corrected chi connectivity index (χ4v) is 0. The van der Waals surface area contributed by atoms with Gasteiger partial charge in [0.1, 0.15) is 0 Å². The Hall–Kier alpha value is 1.83. The zero-order chi connectivity index (χ0) is 2.00. The van der Waals surface area contributed by atoms with E-state index in [1.54, 1.807) is 20.3 Å². The maximum absolute atomic E-state index is 4.16. The number of hydrogen-bond donors (Lipinski definition) is 0. The van der Waals surface area contributed by atoms with Gasteiger partial charge in [-0.05, 0) is 0 Å². The molecule has 0 heterocycles. The molecule has 0 radical (unpaired) electrons. The summed E-state index contributed by atoms with van der Waals surface area (Å²) in [5, 5.41) is 0. The number of rotatable bonds is 0. The van der Waals surface area contributed by atoms with Crippen molar-refractivity contribution in [1.29, 1.82) is 0 Å². The van der Waals surface area contributed by atoms with Crippen LogP contribution < -0.4 is 0 Å². The molecule has 0 aromatic carbocycles. The van der Waals surface area contributed by atoms with Crippen molar-refractivity contribution in [3.63, 3.8) is 0 Å². The molecule has 0 N–H and O–H groups in total. The molecule has 0 saturated carbocycles. The minimum absolute atomic E-state index is 0. The van der Waals surface area contributed by atoms with Crippen LogP contribution in [0.5, 0.6) is 0 Å². The standard InChI is InChI=1S/2ClH.Cu.HI/h2*1H;;1H/q;;+1;/p-1. The van der Waals surface area contributed by atoms with E-state index in [0.717, 1.165) is 0 Å². The average molecular weight is 263 g/mol. The van der Waals surface area contributed by atoms with Crippen LogP contribution in [0, 0.1) is 0 Å². The minimum atomic E-state index is 0. The Morgan fingerprint density at radius 2 is 1.00 bits per heavy atom. The topological polar surface area (TPSA) is 0 Å². The average Bonchev–Trinajstić information content (AvgIpc) is 1.00. The van der Waals surface area contributed by atoms with Crippen molar-refractivity contribution in [2.45, 2.75) is 0 Å². The quantitative estimate of drug-likeness (QED) is 0.461. The van der Waals surface area contributed by atoms with Gasteiger partial charge in [-0.3, -0.25) is 0 Å². The molecule has 4 heteroatoms. The first-order valence-electron chi connectivity index (χ1n) is 0.114. The fraction of sp³-hybridized carbons (Fsp3) is 0. The van der Waals surface area contributed by atoms with E-state index in [2.05, 4.69) is 12.8 Å². The molecule has 0 spiro atoms. The molecule has 0 fully saturated rings. The van der Waals surface area contributed by atoms with Crippen molar-refractivity contribution in [3.05, 3.63) is 0 Å². The summed E-state index contributed by atoms with van der Waals surface area (Å²) >= 11 is 5.87. The predicted octanol–water partition coefficient (Wildman–Crippen LogP) is 1.73. The van der Waals surface area contributed by atoms with Gasteiger partial charge in [-0.15, -0.1) is 24.8 Å². The monoisotopic (exact) mass is 262 g/mol. The van der Waals surface area contributed by atoms with Gasteiger partial charge in [-0.25, -0.2) is 0 Å². The molecule has 0 aliphatic heterocycles. The molecule has 0 atom stereocenters. The van der Waals surface area contributed by atoms with Gasteiger partial charge in [0.25, 0.3) is 0 Å². The van der Waals surface area contributed by atoms with Crippen LogP contribution in [0.3, 0.4) is 0 Å². The third-order valence-electron chi connectivity index (χ3n) is 0. The summed E-state index contributed by atoms with van der Waals surface area (Å²) in [6.45, 7) is 0. The summed E-state index contributed by atoms with van der Waals surface area (Å²) in [7, 11) is 0. The zero-order valence-corrected chi connectivity index (χ0v) is 6.23. The molecular formula is H2Cl2CuI. The Balaban J connectivity index is -0.00000000500. The van der Waals surface area contributed by atoms with E-state index >= 15 is 0 Å². The SMILES string of the molecule is Cl.Cl.[Cu][I]. The second-order valence-electron chi connectivity index (χ2n) is 0. The summed E-state index contributed by atoms with van der Waals surface area (Å²) in [5.41, 5.74) is 0. The van der Waals surface area contributed by atoms with E-state index in [-0.39, 0.29) is 24.8 Å². The van der Waals surface area contributed by atoms with E-state index in [0.29, 0.717) is 0 Å². The van der Waals surface area contributed by atoms with Crippen LogP contribution in [0.4, 0.5) is 0 Å². The van der Waals surface area contributed by atoms with Gasteiger partial charge in [-0.2, -0.15) is 0 Å². The number of hydrogen-bond acceptors (Lipinski definition) is 0. The first-order valence-corrected chi connectivity index (χ1v) is 3.15. The molecule has 0 aromatic rings. The molecule has 0 unspecified atom stereocenters. The van der Waals surface area contributed by atoms with Crippen LogP contribution in [0.2, 0.25) is 0 Å². The van der Waals surface area contributed by atoms with Crippen molar-refractivity contribution in [3.8, 4) is 0 Å². The third-order valence-corrected chi connectivity index (χ3v) is 0. The first kappa shape index (κ1) is 17.0. The molecule has 0 saturated heterocycles. The molecule has 0 rings (SSSR count). The summed E-state index contributed by atoms with van der Waals surface area (Å²) in [4.78, 5) is 0. The predicted molar refractivity (Wildman–Crippen MR) is 28.5 cm³/mol. The molecule has 0 aliphatic carbocycles. The maximum atomic E-state index is 4.16. The third kappa shape index (κ3) is 9.16. The normalized spacial score (nSPS) is 1.75. The summed E-state index contributed by atoms with van der Waals surface area (Å²) in [5.74, 6) is 0. The Kier molecular flexibility index (Phi) is 89.8. The van der Waals surface area contributed by atoms with Crippen molar-refractivity contribution >= 4 is 45.2 Å². The molecule has 0 bridgehead atoms. The van der Waals surface area contributed by atoms with E-state index in [9.17, 15) is 0 Å². The van der Waals surface area contributed by atoms with Crippen LogP contribution in [-0.2, 0) is 12.8 Å². The van der Waals surface area contributed by atoms with Gasteiger partial charge in [-0.1, -0.05) is 0 Å². The second-order valence-corrected chi connectivity index (χ2v) is 0. The molecule has 0 aromatic heterocycles. The molecular weight excluding hydrogens is 261 g/mol. The summed E-state index contributed by atoms with van der Waals surface area (Å²) < 4.78 is 0. The van der Waals surface area contributed by atoms with Crippen molar-refractivity contribution < 1.29 is 12.8 Å². The Bertz CT molecular complexity index is 6.00. The Morgan fingerprint density at radius 3 is 1.00 bits per heavy atom. The Morgan fingerprint density at radius 1 is 1.00 bits per heavy atom. The summed E-state index contributed by atoms with van der Waals surface area (Å²) in [6.07, 6.45) is 0. The second kappa shape index (κ2) is 21.2. The molecule has 0 amide bonds. The van der Waals surface area contributed by atoms with Gasteiger partial charge in [0.15, 0.2) is 0 Å². The molecule has 4 heavy (non-hydrogen) atoms. The molecule has 34 valence electrons. The van der Waals surface area contributed by atoms with E-state index in [1.165, 1.54) is 0 Å². The van der Waals surface area contributed by atoms with Crippen molar-refractivity contribution in [1.82, 2.24) is 0 Å². The number of halogens is 3. The van der Waals surface area contributed by atoms with E-state index in [4.69, 9.17) is 0 Å². The van der Waals surface area contributed by atoms with Crippen molar-refractivity contribution in [2.24, 2.45) is 0 Å². The van der Waals surface area contributed by atoms with Crippen LogP contribution in [0.1, 0.15) is 0 Å².